The molecule has 1 amide bonds. The molecule has 3 N–H and O–H groups in total. The summed E-state index contributed by atoms with van der Waals surface area (Å²) in [6.07, 6.45) is 0.629. The van der Waals surface area contributed by atoms with Crippen LogP contribution in [0.1, 0.15) is 28.4 Å². The fourth-order valence-electron chi connectivity index (χ4n) is 2.72. The zero-order valence-electron chi connectivity index (χ0n) is 12.1. The molecule has 2 heterocycles. The lowest BCUT2D eigenvalue weighted by molar-refractivity contribution is 0.0786. The Kier molecular flexibility index (Phi) is 4.04. The molecule has 1 unspecified atom stereocenters. The van der Waals surface area contributed by atoms with E-state index in [4.69, 9.17) is 17.3 Å². The Labute approximate surface area is 136 Å². The number of nitrogen functional groups attached to an aromatic ring is 1. The minimum absolute atomic E-state index is 0.0400. The molecule has 1 aromatic heterocycles. The SMILES string of the molecule is Nc1nc(C2CCN(C(=O)c3cc(Cl)ccc3F)C2)cc(=O)[nH]1. The van der Waals surface area contributed by atoms with E-state index < -0.39 is 11.7 Å². The fourth-order valence-corrected chi connectivity index (χ4v) is 2.90. The first-order valence-electron chi connectivity index (χ1n) is 7.05. The number of amides is 1. The number of aromatic nitrogens is 2. The van der Waals surface area contributed by atoms with Gasteiger partial charge in [-0.1, -0.05) is 11.6 Å². The lowest BCUT2D eigenvalue weighted by atomic mass is 10.1. The van der Waals surface area contributed by atoms with Crippen LogP contribution in [0.2, 0.25) is 5.02 Å². The summed E-state index contributed by atoms with van der Waals surface area (Å²) >= 11 is 5.83. The maximum Gasteiger partial charge on any atom is 0.256 e. The Bertz CT molecular complexity index is 823. The number of carbonyl (C=O) groups is 1. The summed E-state index contributed by atoms with van der Waals surface area (Å²) in [6, 6.07) is 5.25. The zero-order chi connectivity index (χ0) is 16.6. The number of nitrogens with two attached hydrogens (primary N) is 1. The Morgan fingerprint density at radius 3 is 2.96 bits per heavy atom. The van der Waals surface area contributed by atoms with E-state index in [-0.39, 0.29) is 23.0 Å². The van der Waals surface area contributed by atoms with Gasteiger partial charge in [-0.3, -0.25) is 14.6 Å². The second kappa shape index (κ2) is 6.00. The molecule has 1 atom stereocenters. The van der Waals surface area contributed by atoms with E-state index in [1.165, 1.54) is 29.2 Å². The molecule has 120 valence electrons. The van der Waals surface area contributed by atoms with Crippen molar-refractivity contribution >= 4 is 23.5 Å². The van der Waals surface area contributed by atoms with E-state index in [0.717, 1.165) is 0 Å². The quantitative estimate of drug-likeness (QED) is 0.874. The summed E-state index contributed by atoms with van der Waals surface area (Å²) in [5.41, 5.74) is 5.68. The molecular formula is C15H14ClFN4O2. The largest absolute Gasteiger partial charge is 0.369 e. The molecule has 1 aromatic carbocycles. The van der Waals surface area contributed by atoms with Gasteiger partial charge in [0.05, 0.1) is 11.3 Å². The lowest BCUT2D eigenvalue weighted by Crippen LogP contribution is -2.29. The number of nitrogens with zero attached hydrogens (tertiary/aromatic N) is 2. The number of aromatic amines is 1. The number of anilines is 1. The number of H-pyrrole nitrogens is 1. The molecule has 1 fully saturated rings. The number of hydrogen-bond acceptors (Lipinski definition) is 4. The van der Waals surface area contributed by atoms with Crippen molar-refractivity contribution in [3.8, 4) is 0 Å². The average molecular weight is 337 g/mol. The van der Waals surface area contributed by atoms with Crippen molar-refractivity contribution in [1.82, 2.24) is 14.9 Å². The number of hydrogen-bond donors (Lipinski definition) is 2. The second-order valence-corrected chi connectivity index (χ2v) is 5.85. The summed E-state index contributed by atoms with van der Waals surface area (Å²) < 4.78 is 13.8. The normalized spacial score (nSPS) is 17.5. The van der Waals surface area contributed by atoms with Crippen LogP contribution in [-0.2, 0) is 0 Å². The molecule has 0 bridgehead atoms. The molecule has 0 aliphatic carbocycles. The molecule has 23 heavy (non-hydrogen) atoms. The monoisotopic (exact) mass is 336 g/mol. The Morgan fingerprint density at radius 1 is 1.43 bits per heavy atom. The first kappa shape index (κ1) is 15.5. The third-order valence-corrected chi connectivity index (χ3v) is 4.07. The molecule has 2 aromatic rings. The molecule has 1 aliphatic heterocycles. The standard InChI is InChI=1S/C15H14ClFN4O2/c16-9-1-2-11(17)10(5-9)14(23)21-4-3-8(7-21)12-6-13(22)20-15(18)19-12/h1-2,5-6,8H,3-4,7H2,(H3,18,19,20,22). The smallest absolute Gasteiger partial charge is 0.256 e. The van der Waals surface area contributed by atoms with Gasteiger partial charge in [-0.05, 0) is 24.6 Å². The van der Waals surface area contributed by atoms with Crippen LogP contribution in [0.3, 0.4) is 0 Å². The predicted octanol–water partition coefficient (Wildman–Crippen LogP) is 1.77. The molecular weight excluding hydrogens is 323 g/mol. The summed E-state index contributed by atoms with van der Waals surface area (Å²) in [6.45, 7) is 0.796. The van der Waals surface area contributed by atoms with Gasteiger partial charge in [0.15, 0.2) is 0 Å². The van der Waals surface area contributed by atoms with Crippen LogP contribution in [-0.4, -0.2) is 33.9 Å². The molecule has 0 spiro atoms. The Balaban J connectivity index is 1.80. The van der Waals surface area contributed by atoms with Crippen molar-refractivity contribution in [3.05, 3.63) is 56.7 Å². The van der Waals surface area contributed by atoms with Crippen molar-refractivity contribution in [2.24, 2.45) is 0 Å². The van der Waals surface area contributed by atoms with Gasteiger partial charge in [0.2, 0.25) is 5.95 Å². The van der Waals surface area contributed by atoms with E-state index in [0.29, 0.717) is 30.2 Å². The topological polar surface area (TPSA) is 92.1 Å². The Hall–Kier alpha value is -2.41. The van der Waals surface area contributed by atoms with E-state index in [1.807, 2.05) is 0 Å². The highest BCUT2D eigenvalue weighted by molar-refractivity contribution is 6.31. The summed E-state index contributed by atoms with van der Waals surface area (Å²) in [5.74, 6) is -1.10. The predicted molar refractivity (Wildman–Crippen MR) is 83.9 cm³/mol. The summed E-state index contributed by atoms with van der Waals surface area (Å²) in [7, 11) is 0. The Morgan fingerprint density at radius 2 is 2.22 bits per heavy atom. The van der Waals surface area contributed by atoms with Crippen LogP contribution in [0.15, 0.2) is 29.1 Å². The van der Waals surface area contributed by atoms with Crippen LogP contribution in [0, 0.1) is 5.82 Å². The fraction of sp³-hybridized carbons (Fsp3) is 0.267. The highest BCUT2D eigenvalue weighted by Gasteiger charge is 2.30. The van der Waals surface area contributed by atoms with Gasteiger partial charge in [-0.15, -0.1) is 0 Å². The van der Waals surface area contributed by atoms with Crippen LogP contribution in [0.25, 0.3) is 0 Å². The van der Waals surface area contributed by atoms with Gasteiger partial charge in [0.25, 0.3) is 11.5 Å². The number of likely N-dealkylation sites (tertiary alicyclic amines) is 1. The number of benzene rings is 1. The van der Waals surface area contributed by atoms with Crippen molar-refractivity contribution < 1.29 is 9.18 Å². The van der Waals surface area contributed by atoms with E-state index in [9.17, 15) is 14.0 Å². The highest BCUT2D eigenvalue weighted by Crippen LogP contribution is 2.27. The van der Waals surface area contributed by atoms with Crippen molar-refractivity contribution in [2.75, 3.05) is 18.8 Å². The first-order chi connectivity index (χ1) is 10.9. The first-order valence-corrected chi connectivity index (χ1v) is 7.43. The number of halogens is 2. The molecule has 8 heteroatoms. The molecule has 0 saturated carbocycles. The lowest BCUT2D eigenvalue weighted by Gasteiger charge is -2.17. The van der Waals surface area contributed by atoms with Gasteiger partial charge in [0.1, 0.15) is 5.82 Å². The van der Waals surface area contributed by atoms with E-state index in [2.05, 4.69) is 9.97 Å². The number of carbonyl (C=O) groups excluding carboxylic acids is 1. The second-order valence-electron chi connectivity index (χ2n) is 5.42. The molecule has 1 saturated heterocycles. The third-order valence-electron chi connectivity index (χ3n) is 3.83. The zero-order valence-corrected chi connectivity index (χ0v) is 12.8. The van der Waals surface area contributed by atoms with Gasteiger partial charge in [-0.2, -0.15) is 0 Å². The minimum atomic E-state index is -0.610. The van der Waals surface area contributed by atoms with Crippen LogP contribution in [0.5, 0.6) is 0 Å². The summed E-state index contributed by atoms with van der Waals surface area (Å²) in [5, 5.41) is 0.300. The van der Waals surface area contributed by atoms with Gasteiger partial charge in [-0.25, -0.2) is 9.37 Å². The van der Waals surface area contributed by atoms with Crippen molar-refractivity contribution in [3.63, 3.8) is 0 Å². The van der Waals surface area contributed by atoms with E-state index >= 15 is 0 Å². The van der Waals surface area contributed by atoms with E-state index in [1.54, 1.807) is 0 Å². The van der Waals surface area contributed by atoms with Gasteiger partial charge in [0, 0.05) is 30.1 Å². The molecule has 1 aliphatic rings. The molecule has 0 radical (unpaired) electrons. The third kappa shape index (κ3) is 3.19. The average Bonchev–Trinajstić information content (AvgIpc) is 2.98. The minimum Gasteiger partial charge on any atom is -0.369 e. The number of rotatable bonds is 2. The maximum absolute atomic E-state index is 13.8. The highest BCUT2D eigenvalue weighted by atomic mass is 35.5. The van der Waals surface area contributed by atoms with Crippen molar-refractivity contribution in [2.45, 2.75) is 12.3 Å². The summed E-state index contributed by atoms with van der Waals surface area (Å²) in [4.78, 5) is 31.9. The van der Waals surface area contributed by atoms with Crippen molar-refractivity contribution in [1.29, 1.82) is 0 Å². The maximum atomic E-state index is 13.8. The van der Waals surface area contributed by atoms with Gasteiger partial charge >= 0.3 is 0 Å². The van der Waals surface area contributed by atoms with Crippen LogP contribution >= 0.6 is 11.6 Å². The molecule has 3 rings (SSSR count). The van der Waals surface area contributed by atoms with Crippen LogP contribution in [0.4, 0.5) is 10.3 Å². The van der Waals surface area contributed by atoms with Crippen LogP contribution < -0.4 is 11.3 Å². The van der Waals surface area contributed by atoms with Gasteiger partial charge < -0.3 is 10.6 Å². The number of nitrogens with one attached hydrogen (secondary N) is 1. The molecule has 6 nitrogen and oxygen atoms in total.